The van der Waals surface area contributed by atoms with E-state index in [0.29, 0.717) is 11.8 Å². The van der Waals surface area contributed by atoms with Crippen molar-refractivity contribution in [1.82, 2.24) is 4.90 Å². The molecule has 0 aromatic heterocycles. The van der Waals surface area contributed by atoms with Crippen molar-refractivity contribution in [2.75, 3.05) is 13.1 Å². The molecule has 0 radical (unpaired) electrons. The van der Waals surface area contributed by atoms with Gasteiger partial charge in [0.1, 0.15) is 0 Å². The van der Waals surface area contributed by atoms with Crippen molar-refractivity contribution in [2.45, 2.75) is 57.9 Å². The quantitative estimate of drug-likeness (QED) is 0.841. The Morgan fingerprint density at radius 1 is 1.28 bits per heavy atom. The predicted octanol–water partition coefficient (Wildman–Crippen LogP) is 2.57. The fourth-order valence-electron chi connectivity index (χ4n) is 3.23. The van der Waals surface area contributed by atoms with Crippen molar-refractivity contribution >= 4 is 18.3 Å². The van der Waals surface area contributed by atoms with Gasteiger partial charge in [-0.15, -0.1) is 12.4 Å². The highest BCUT2D eigenvalue weighted by molar-refractivity contribution is 5.86. The van der Waals surface area contributed by atoms with Crippen LogP contribution in [0.5, 0.6) is 0 Å². The molecule has 0 spiro atoms. The molecule has 0 aromatic carbocycles. The van der Waals surface area contributed by atoms with Gasteiger partial charge in [0.2, 0.25) is 5.91 Å². The lowest BCUT2D eigenvalue weighted by Gasteiger charge is -2.35. The summed E-state index contributed by atoms with van der Waals surface area (Å²) in [5.74, 6) is 1.57. The number of hydrogen-bond donors (Lipinski definition) is 1. The Hall–Kier alpha value is -0.280. The average Bonchev–Trinajstić information content (AvgIpc) is 2.78. The third-order valence-electron chi connectivity index (χ3n) is 4.63. The number of halogens is 1. The molecule has 3 nitrogen and oxygen atoms in total. The third kappa shape index (κ3) is 3.18. The summed E-state index contributed by atoms with van der Waals surface area (Å²) >= 11 is 0. The second-order valence-electron chi connectivity index (χ2n) is 6.26. The number of nitrogens with zero attached hydrogens (tertiary/aromatic N) is 1. The van der Waals surface area contributed by atoms with Gasteiger partial charge < -0.3 is 10.6 Å². The Labute approximate surface area is 117 Å². The average molecular weight is 275 g/mol. The molecule has 1 saturated carbocycles. The van der Waals surface area contributed by atoms with Crippen LogP contribution >= 0.6 is 12.4 Å². The molecule has 2 N–H and O–H groups in total. The van der Waals surface area contributed by atoms with E-state index >= 15 is 0 Å². The smallest absolute Gasteiger partial charge is 0.242 e. The highest BCUT2D eigenvalue weighted by Crippen LogP contribution is 2.31. The van der Waals surface area contributed by atoms with Gasteiger partial charge in [-0.25, -0.2) is 0 Å². The topological polar surface area (TPSA) is 46.3 Å². The minimum absolute atomic E-state index is 0. The van der Waals surface area contributed by atoms with E-state index in [1.807, 2.05) is 4.90 Å². The number of amides is 1. The van der Waals surface area contributed by atoms with Crippen LogP contribution in [0.2, 0.25) is 0 Å². The Balaban J connectivity index is 0.00000162. The van der Waals surface area contributed by atoms with Crippen molar-refractivity contribution in [2.24, 2.45) is 17.6 Å². The van der Waals surface area contributed by atoms with E-state index in [1.165, 1.54) is 6.42 Å². The molecule has 1 aliphatic heterocycles. The fourth-order valence-corrected chi connectivity index (χ4v) is 3.23. The molecular formula is C14H27ClN2O. The minimum atomic E-state index is -0.538. The minimum Gasteiger partial charge on any atom is -0.341 e. The van der Waals surface area contributed by atoms with Crippen LogP contribution in [0, 0.1) is 11.8 Å². The van der Waals surface area contributed by atoms with Gasteiger partial charge in [-0.05, 0) is 31.1 Å². The molecule has 1 heterocycles. The maximum atomic E-state index is 12.5. The van der Waals surface area contributed by atoms with Gasteiger partial charge >= 0.3 is 0 Å². The largest absolute Gasteiger partial charge is 0.341 e. The Bertz CT molecular complexity index is 288. The number of likely N-dealkylation sites (tertiary alicyclic amines) is 1. The zero-order chi connectivity index (χ0) is 12.5. The highest BCUT2D eigenvalue weighted by Gasteiger charge is 2.40. The number of carbonyl (C=O) groups is 1. The first kappa shape index (κ1) is 15.8. The predicted molar refractivity (Wildman–Crippen MR) is 76.8 cm³/mol. The fraction of sp³-hybridized carbons (Fsp3) is 0.929. The van der Waals surface area contributed by atoms with Gasteiger partial charge in [-0.1, -0.05) is 33.1 Å². The summed E-state index contributed by atoms with van der Waals surface area (Å²) < 4.78 is 0. The molecule has 2 rings (SSSR count). The van der Waals surface area contributed by atoms with Gasteiger partial charge in [0.05, 0.1) is 5.54 Å². The second-order valence-corrected chi connectivity index (χ2v) is 6.26. The van der Waals surface area contributed by atoms with Gasteiger partial charge in [-0.2, -0.15) is 0 Å². The molecule has 2 aliphatic rings. The molecule has 0 bridgehead atoms. The summed E-state index contributed by atoms with van der Waals surface area (Å²) in [4.78, 5) is 14.5. The van der Waals surface area contributed by atoms with Gasteiger partial charge in [-0.3, -0.25) is 4.79 Å². The molecule has 2 fully saturated rings. The van der Waals surface area contributed by atoms with Crippen LogP contribution in [-0.4, -0.2) is 29.4 Å². The number of hydrogen-bond acceptors (Lipinski definition) is 2. The standard InChI is InChI=1S/C14H26N2O.ClH/c1-11(2)12-6-9-16(10-12)13(17)14(15)7-4-3-5-8-14;/h11-12H,3-10,15H2,1-2H3;1H. The summed E-state index contributed by atoms with van der Waals surface area (Å²) in [5, 5.41) is 0. The number of nitrogens with two attached hydrogens (primary N) is 1. The molecule has 1 aliphatic carbocycles. The van der Waals surface area contributed by atoms with E-state index in [2.05, 4.69) is 13.8 Å². The normalized spacial score (nSPS) is 27.1. The molecule has 18 heavy (non-hydrogen) atoms. The molecule has 0 aromatic rings. The molecule has 1 unspecified atom stereocenters. The van der Waals surface area contributed by atoms with Gasteiger partial charge in [0.25, 0.3) is 0 Å². The van der Waals surface area contributed by atoms with E-state index in [0.717, 1.165) is 45.2 Å². The lowest BCUT2D eigenvalue weighted by molar-refractivity contribution is -0.137. The van der Waals surface area contributed by atoms with E-state index in [1.54, 1.807) is 0 Å². The second kappa shape index (κ2) is 6.25. The van der Waals surface area contributed by atoms with Crippen molar-refractivity contribution in [3.05, 3.63) is 0 Å². The summed E-state index contributed by atoms with van der Waals surface area (Å²) in [6.45, 7) is 6.34. The zero-order valence-electron chi connectivity index (χ0n) is 11.7. The maximum absolute atomic E-state index is 12.5. The molecule has 1 atom stereocenters. The van der Waals surface area contributed by atoms with Crippen LogP contribution in [-0.2, 0) is 4.79 Å². The monoisotopic (exact) mass is 274 g/mol. The van der Waals surface area contributed by atoms with Crippen molar-refractivity contribution in [3.8, 4) is 0 Å². The lowest BCUT2D eigenvalue weighted by Crippen LogP contribution is -2.55. The molecule has 1 saturated heterocycles. The zero-order valence-corrected chi connectivity index (χ0v) is 12.5. The summed E-state index contributed by atoms with van der Waals surface area (Å²) in [6, 6.07) is 0. The Morgan fingerprint density at radius 2 is 1.89 bits per heavy atom. The Kier molecular flexibility index (Phi) is 5.47. The van der Waals surface area contributed by atoms with Gasteiger partial charge in [0.15, 0.2) is 0 Å². The number of rotatable bonds is 2. The SMILES string of the molecule is CC(C)C1CCN(C(=O)C2(N)CCCCC2)C1.Cl. The third-order valence-corrected chi connectivity index (χ3v) is 4.63. The first-order valence-corrected chi connectivity index (χ1v) is 7.11. The summed E-state index contributed by atoms with van der Waals surface area (Å²) in [5.41, 5.74) is 5.78. The van der Waals surface area contributed by atoms with E-state index < -0.39 is 5.54 Å². The summed E-state index contributed by atoms with van der Waals surface area (Å²) in [7, 11) is 0. The lowest BCUT2D eigenvalue weighted by atomic mass is 9.81. The molecular weight excluding hydrogens is 248 g/mol. The van der Waals surface area contributed by atoms with E-state index in [4.69, 9.17) is 5.73 Å². The van der Waals surface area contributed by atoms with Crippen molar-refractivity contribution in [1.29, 1.82) is 0 Å². The van der Waals surface area contributed by atoms with Crippen molar-refractivity contribution in [3.63, 3.8) is 0 Å². The maximum Gasteiger partial charge on any atom is 0.242 e. The molecule has 4 heteroatoms. The van der Waals surface area contributed by atoms with Crippen LogP contribution < -0.4 is 5.73 Å². The van der Waals surface area contributed by atoms with Crippen molar-refractivity contribution < 1.29 is 4.79 Å². The molecule has 106 valence electrons. The van der Waals surface area contributed by atoms with E-state index in [9.17, 15) is 4.79 Å². The van der Waals surface area contributed by atoms with Crippen LogP contribution in [0.3, 0.4) is 0 Å². The van der Waals surface area contributed by atoms with Crippen LogP contribution in [0.25, 0.3) is 0 Å². The first-order chi connectivity index (χ1) is 8.03. The first-order valence-electron chi connectivity index (χ1n) is 7.11. The van der Waals surface area contributed by atoms with Crippen LogP contribution in [0.4, 0.5) is 0 Å². The van der Waals surface area contributed by atoms with Gasteiger partial charge in [0, 0.05) is 13.1 Å². The highest BCUT2D eigenvalue weighted by atomic mass is 35.5. The number of carbonyl (C=O) groups excluding carboxylic acids is 1. The van der Waals surface area contributed by atoms with Crippen LogP contribution in [0.15, 0.2) is 0 Å². The molecule has 1 amide bonds. The van der Waals surface area contributed by atoms with Crippen LogP contribution in [0.1, 0.15) is 52.4 Å². The Morgan fingerprint density at radius 3 is 2.39 bits per heavy atom. The van der Waals surface area contributed by atoms with E-state index in [-0.39, 0.29) is 18.3 Å². The summed E-state index contributed by atoms with van der Waals surface area (Å²) in [6.07, 6.45) is 6.39.